The average Bonchev–Trinajstić information content (AvgIpc) is 2.59. The molecule has 0 bridgehead atoms. The number of aliphatic hydroxyl groups excluding tert-OH is 1. The van der Waals surface area contributed by atoms with Gasteiger partial charge in [-0.1, -0.05) is 30.3 Å². The lowest BCUT2D eigenvalue weighted by Crippen LogP contribution is -2.37. The molecule has 0 aliphatic carbocycles. The molecule has 24 heavy (non-hydrogen) atoms. The van der Waals surface area contributed by atoms with Crippen molar-refractivity contribution >= 4 is 5.91 Å². The molecule has 0 saturated heterocycles. The van der Waals surface area contributed by atoms with Crippen LogP contribution in [0.4, 0.5) is 0 Å². The minimum atomic E-state index is -0.305. The van der Waals surface area contributed by atoms with Crippen LogP contribution in [-0.4, -0.2) is 48.3 Å². The summed E-state index contributed by atoms with van der Waals surface area (Å²) in [5.74, 6) is -0.305. The Kier molecular flexibility index (Phi) is 9.20. The Morgan fingerprint density at radius 3 is 2.67 bits per heavy atom. The number of aliphatic hydroxyl groups is 1. The van der Waals surface area contributed by atoms with Gasteiger partial charge in [0.1, 0.15) is 11.6 Å². The van der Waals surface area contributed by atoms with Crippen molar-refractivity contribution in [3.63, 3.8) is 0 Å². The van der Waals surface area contributed by atoms with E-state index in [-0.39, 0.29) is 30.7 Å². The summed E-state index contributed by atoms with van der Waals surface area (Å²) < 4.78 is 5.10. The maximum atomic E-state index is 12.6. The maximum Gasteiger partial charge on any atom is 0.266 e. The molecule has 0 aliphatic rings. The summed E-state index contributed by atoms with van der Waals surface area (Å²) in [7, 11) is 0. The smallest absolute Gasteiger partial charge is 0.266 e. The number of hydrogen-bond acceptors (Lipinski definition) is 5. The van der Waals surface area contributed by atoms with Gasteiger partial charge in [0.15, 0.2) is 0 Å². The number of nitrogens with zero attached hydrogens (tertiary/aromatic N) is 2. The van der Waals surface area contributed by atoms with Gasteiger partial charge in [-0.25, -0.2) is 0 Å². The van der Waals surface area contributed by atoms with Gasteiger partial charge in [0.25, 0.3) is 5.91 Å². The standard InChI is InChI=1S/C18H25N3O3/c1-15(2)21(14-16-6-4-3-5-7-16)18(23)17(12-19)13-20-8-10-24-11-9-22/h3-7,13,15,20,22H,8-11,14H2,1-2H3/b17-13-. The molecule has 0 aliphatic heterocycles. The first kappa shape index (κ1) is 19.7. The lowest BCUT2D eigenvalue weighted by molar-refractivity contribution is -0.129. The van der Waals surface area contributed by atoms with Crippen molar-refractivity contribution < 1.29 is 14.6 Å². The highest BCUT2D eigenvalue weighted by Crippen LogP contribution is 2.12. The summed E-state index contributed by atoms with van der Waals surface area (Å²) in [5, 5.41) is 20.8. The predicted octanol–water partition coefficient (Wildman–Crippen LogP) is 1.43. The van der Waals surface area contributed by atoms with Crippen molar-refractivity contribution in [2.75, 3.05) is 26.4 Å². The second kappa shape index (κ2) is 11.2. The molecular weight excluding hydrogens is 306 g/mol. The zero-order valence-electron chi connectivity index (χ0n) is 14.2. The number of amides is 1. The van der Waals surface area contributed by atoms with Gasteiger partial charge in [-0.3, -0.25) is 4.79 Å². The van der Waals surface area contributed by atoms with E-state index < -0.39 is 0 Å². The van der Waals surface area contributed by atoms with Gasteiger partial charge in [0.05, 0.1) is 19.8 Å². The van der Waals surface area contributed by atoms with Gasteiger partial charge >= 0.3 is 0 Å². The molecule has 0 heterocycles. The third-order valence-electron chi connectivity index (χ3n) is 3.30. The van der Waals surface area contributed by atoms with Crippen LogP contribution in [-0.2, 0) is 16.1 Å². The van der Waals surface area contributed by atoms with E-state index in [4.69, 9.17) is 9.84 Å². The number of carbonyl (C=O) groups excluding carboxylic acids is 1. The number of ether oxygens (including phenoxy) is 1. The number of benzene rings is 1. The second-order valence-corrected chi connectivity index (χ2v) is 5.47. The van der Waals surface area contributed by atoms with Crippen molar-refractivity contribution in [3.05, 3.63) is 47.7 Å². The number of rotatable bonds is 10. The van der Waals surface area contributed by atoms with Gasteiger partial charge in [-0.05, 0) is 19.4 Å². The lowest BCUT2D eigenvalue weighted by atomic mass is 10.1. The fraction of sp³-hybridized carbons (Fsp3) is 0.444. The number of nitrogens with one attached hydrogen (secondary N) is 1. The number of nitriles is 1. The summed E-state index contributed by atoms with van der Waals surface area (Å²) in [5.41, 5.74) is 1.07. The topological polar surface area (TPSA) is 85.6 Å². The van der Waals surface area contributed by atoms with E-state index >= 15 is 0 Å². The van der Waals surface area contributed by atoms with Gasteiger partial charge < -0.3 is 20.1 Å². The zero-order chi connectivity index (χ0) is 17.8. The zero-order valence-corrected chi connectivity index (χ0v) is 14.2. The molecule has 0 atom stereocenters. The fourth-order valence-corrected chi connectivity index (χ4v) is 2.04. The first-order valence-electron chi connectivity index (χ1n) is 7.97. The minimum Gasteiger partial charge on any atom is -0.394 e. The molecule has 1 rings (SSSR count). The highest BCUT2D eigenvalue weighted by molar-refractivity contribution is 5.97. The van der Waals surface area contributed by atoms with E-state index in [1.54, 1.807) is 4.90 Å². The van der Waals surface area contributed by atoms with Gasteiger partial charge in [0.2, 0.25) is 0 Å². The van der Waals surface area contributed by atoms with E-state index in [0.29, 0.717) is 19.7 Å². The second-order valence-electron chi connectivity index (χ2n) is 5.47. The third kappa shape index (κ3) is 6.82. The molecule has 130 valence electrons. The Balaban J connectivity index is 2.67. The van der Waals surface area contributed by atoms with E-state index in [0.717, 1.165) is 5.56 Å². The normalized spacial score (nSPS) is 11.2. The van der Waals surface area contributed by atoms with E-state index in [1.807, 2.05) is 50.2 Å². The molecule has 1 aromatic rings. The van der Waals surface area contributed by atoms with Gasteiger partial charge in [-0.15, -0.1) is 0 Å². The fourth-order valence-electron chi connectivity index (χ4n) is 2.04. The van der Waals surface area contributed by atoms with Crippen LogP contribution in [0.15, 0.2) is 42.1 Å². The van der Waals surface area contributed by atoms with Gasteiger partial charge in [-0.2, -0.15) is 5.26 Å². The SMILES string of the molecule is CC(C)N(Cc1ccccc1)C(=O)/C(C#N)=C\NCCOCCO. The molecule has 2 N–H and O–H groups in total. The average molecular weight is 331 g/mol. The Morgan fingerprint density at radius 2 is 2.08 bits per heavy atom. The van der Waals surface area contributed by atoms with Gasteiger partial charge in [0, 0.05) is 25.3 Å². The van der Waals surface area contributed by atoms with Crippen LogP contribution in [0.1, 0.15) is 19.4 Å². The molecule has 1 aromatic carbocycles. The summed E-state index contributed by atoms with van der Waals surface area (Å²) in [6.45, 7) is 5.39. The van der Waals surface area contributed by atoms with E-state index in [2.05, 4.69) is 5.32 Å². The van der Waals surface area contributed by atoms with Crippen LogP contribution in [0.25, 0.3) is 0 Å². The molecule has 0 saturated carbocycles. The molecule has 6 nitrogen and oxygen atoms in total. The first-order chi connectivity index (χ1) is 11.6. The molecule has 1 amide bonds. The maximum absolute atomic E-state index is 12.6. The molecule has 0 fully saturated rings. The molecular formula is C18H25N3O3. The molecule has 0 unspecified atom stereocenters. The number of hydrogen-bond donors (Lipinski definition) is 2. The molecule has 6 heteroatoms. The first-order valence-corrected chi connectivity index (χ1v) is 7.97. The van der Waals surface area contributed by atoms with Crippen molar-refractivity contribution in [2.45, 2.75) is 26.4 Å². The summed E-state index contributed by atoms with van der Waals surface area (Å²) in [6.07, 6.45) is 1.42. The van der Waals surface area contributed by atoms with Crippen LogP contribution in [0.5, 0.6) is 0 Å². The highest BCUT2D eigenvalue weighted by Gasteiger charge is 2.21. The van der Waals surface area contributed by atoms with E-state index in [9.17, 15) is 10.1 Å². The van der Waals surface area contributed by atoms with Crippen LogP contribution in [0.3, 0.4) is 0 Å². The summed E-state index contributed by atoms with van der Waals surface area (Å²) in [6, 6.07) is 11.6. The van der Waals surface area contributed by atoms with Crippen LogP contribution >= 0.6 is 0 Å². The largest absolute Gasteiger partial charge is 0.394 e. The monoisotopic (exact) mass is 331 g/mol. The van der Waals surface area contributed by atoms with Crippen molar-refractivity contribution in [1.82, 2.24) is 10.2 Å². The number of carbonyl (C=O) groups is 1. The Hall–Kier alpha value is -2.36. The lowest BCUT2D eigenvalue weighted by Gasteiger charge is -2.26. The van der Waals surface area contributed by atoms with E-state index in [1.165, 1.54) is 6.20 Å². The third-order valence-corrected chi connectivity index (χ3v) is 3.30. The van der Waals surface area contributed by atoms with Crippen LogP contribution < -0.4 is 5.32 Å². The Morgan fingerprint density at radius 1 is 1.38 bits per heavy atom. The van der Waals surface area contributed by atoms with Crippen LogP contribution in [0, 0.1) is 11.3 Å². The molecule has 0 radical (unpaired) electrons. The quantitative estimate of drug-likeness (QED) is 0.385. The van der Waals surface area contributed by atoms with Crippen molar-refractivity contribution in [2.24, 2.45) is 0 Å². The minimum absolute atomic E-state index is 0.0256. The molecule has 0 aromatic heterocycles. The highest BCUT2D eigenvalue weighted by atomic mass is 16.5. The Bertz CT molecular complexity index is 565. The van der Waals surface area contributed by atoms with Crippen molar-refractivity contribution in [3.8, 4) is 6.07 Å². The van der Waals surface area contributed by atoms with Crippen LogP contribution in [0.2, 0.25) is 0 Å². The Labute approximate surface area is 143 Å². The molecule has 0 spiro atoms. The predicted molar refractivity (Wildman–Crippen MR) is 91.7 cm³/mol. The summed E-state index contributed by atoms with van der Waals surface area (Å²) >= 11 is 0. The van der Waals surface area contributed by atoms with Crippen molar-refractivity contribution in [1.29, 1.82) is 5.26 Å². The summed E-state index contributed by atoms with van der Waals surface area (Å²) in [4.78, 5) is 14.3.